The fourth-order valence-electron chi connectivity index (χ4n) is 1.68. The molecule has 0 saturated heterocycles. The Morgan fingerprint density at radius 1 is 1.00 bits per heavy atom. The fraction of sp³-hybridized carbons (Fsp3) is 0.0667. The average Bonchev–Trinajstić information content (AvgIpc) is 2.42. The van der Waals surface area contributed by atoms with Gasteiger partial charge in [0.2, 0.25) is 5.96 Å². The molecular weight excluding hydrogens is 222 g/mol. The largest absolute Gasteiger partial charge is 0.369 e. The van der Waals surface area contributed by atoms with Crippen molar-refractivity contribution in [2.75, 3.05) is 11.4 Å². The fourth-order valence-corrected chi connectivity index (χ4v) is 1.68. The molecule has 0 saturated carbocycles. The van der Waals surface area contributed by atoms with Crippen LogP contribution in [0.25, 0.3) is 0 Å². The van der Waals surface area contributed by atoms with E-state index in [4.69, 9.17) is 5.73 Å². The number of rotatable bonds is 3. The maximum absolute atomic E-state index is 6.03. The van der Waals surface area contributed by atoms with Crippen LogP contribution in [0.5, 0.6) is 0 Å². The lowest BCUT2D eigenvalue weighted by Crippen LogP contribution is -2.37. The first-order chi connectivity index (χ1) is 8.81. The minimum absolute atomic E-state index is 0.447. The Balaban J connectivity index is 2.26. The van der Waals surface area contributed by atoms with Crippen molar-refractivity contribution in [3.8, 4) is 0 Å². The summed E-state index contributed by atoms with van der Waals surface area (Å²) in [6.07, 6.45) is 0. The SMILES string of the molecule is [CH2]CN(C(N)=Nc1ccccc1)c1ccccc1. The topological polar surface area (TPSA) is 41.6 Å². The lowest BCUT2D eigenvalue weighted by molar-refractivity contribution is 1.11. The van der Waals surface area contributed by atoms with Gasteiger partial charge < -0.3 is 10.6 Å². The van der Waals surface area contributed by atoms with E-state index in [-0.39, 0.29) is 0 Å². The van der Waals surface area contributed by atoms with E-state index in [2.05, 4.69) is 11.9 Å². The first-order valence-electron chi connectivity index (χ1n) is 5.82. The van der Waals surface area contributed by atoms with Crippen LogP contribution < -0.4 is 10.6 Å². The zero-order valence-corrected chi connectivity index (χ0v) is 10.2. The summed E-state index contributed by atoms with van der Waals surface area (Å²) in [4.78, 5) is 6.25. The molecule has 18 heavy (non-hydrogen) atoms. The van der Waals surface area contributed by atoms with E-state index < -0.39 is 0 Å². The second-order valence-corrected chi connectivity index (χ2v) is 3.79. The van der Waals surface area contributed by atoms with Gasteiger partial charge in [-0.1, -0.05) is 36.4 Å². The molecule has 0 spiro atoms. The van der Waals surface area contributed by atoms with E-state index in [1.165, 1.54) is 0 Å². The Labute approximate surface area is 108 Å². The van der Waals surface area contributed by atoms with Crippen LogP contribution in [-0.2, 0) is 0 Å². The highest BCUT2D eigenvalue weighted by Crippen LogP contribution is 2.15. The highest BCUT2D eigenvalue weighted by atomic mass is 15.2. The molecule has 0 heterocycles. The number of hydrogen-bond donors (Lipinski definition) is 1. The smallest absolute Gasteiger partial charge is 0.201 e. The molecule has 3 nitrogen and oxygen atoms in total. The summed E-state index contributed by atoms with van der Waals surface area (Å²) in [5.41, 5.74) is 7.86. The summed E-state index contributed by atoms with van der Waals surface area (Å²) in [5, 5.41) is 0. The Hall–Kier alpha value is -2.29. The number of nitrogens with zero attached hydrogens (tertiary/aromatic N) is 2. The Bertz CT molecular complexity index is 506. The van der Waals surface area contributed by atoms with E-state index in [9.17, 15) is 0 Å². The summed E-state index contributed by atoms with van der Waals surface area (Å²) in [6, 6.07) is 19.5. The molecule has 0 bridgehead atoms. The molecule has 2 aromatic carbocycles. The quantitative estimate of drug-likeness (QED) is 0.659. The summed E-state index contributed by atoms with van der Waals surface area (Å²) < 4.78 is 0. The zero-order valence-electron chi connectivity index (χ0n) is 10.2. The molecule has 0 aromatic heterocycles. The zero-order chi connectivity index (χ0) is 12.8. The van der Waals surface area contributed by atoms with E-state index in [1.807, 2.05) is 65.6 Å². The molecule has 0 unspecified atom stereocenters. The van der Waals surface area contributed by atoms with Crippen molar-refractivity contribution in [1.29, 1.82) is 0 Å². The van der Waals surface area contributed by atoms with Crippen LogP contribution in [0.1, 0.15) is 0 Å². The number of para-hydroxylation sites is 2. The molecule has 0 aliphatic rings. The van der Waals surface area contributed by atoms with Gasteiger partial charge in [-0.2, -0.15) is 0 Å². The van der Waals surface area contributed by atoms with Gasteiger partial charge in [-0.15, -0.1) is 0 Å². The average molecular weight is 238 g/mol. The maximum Gasteiger partial charge on any atom is 0.201 e. The standard InChI is InChI=1S/C15H16N3/c1-2-18(14-11-7-4-8-12-14)15(16)17-13-9-5-3-6-10-13/h3-12H,1-2H2,(H2,16,17). The van der Waals surface area contributed by atoms with Crippen molar-refractivity contribution in [2.24, 2.45) is 10.7 Å². The highest BCUT2D eigenvalue weighted by molar-refractivity contribution is 5.96. The first-order valence-corrected chi connectivity index (χ1v) is 5.82. The Morgan fingerprint density at radius 2 is 1.56 bits per heavy atom. The minimum atomic E-state index is 0.447. The summed E-state index contributed by atoms with van der Waals surface area (Å²) >= 11 is 0. The molecular formula is C15H16N3. The van der Waals surface area contributed by atoms with Gasteiger partial charge in [-0.3, -0.25) is 0 Å². The van der Waals surface area contributed by atoms with Gasteiger partial charge in [0.15, 0.2) is 0 Å². The normalized spacial score (nSPS) is 11.3. The third-order valence-corrected chi connectivity index (χ3v) is 2.57. The first kappa shape index (κ1) is 12.2. The monoisotopic (exact) mass is 238 g/mol. The van der Waals surface area contributed by atoms with Crippen molar-refractivity contribution in [3.63, 3.8) is 0 Å². The molecule has 0 atom stereocenters. The summed E-state index contributed by atoms with van der Waals surface area (Å²) in [6.45, 7) is 4.42. The Morgan fingerprint density at radius 3 is 2.11 bits per heavy atom. The third-order valence-electron chi connectivity index (χ3n) is 2.57. The number of hydrogen-bond acceptors (Lipinski definition) is 1. The lowest BCUT2D eigenvalue weighted by Gasteiger charge is -2.21. The lowest BCUT2D eigenvalue weighted by atomic mass is 10.3. The van der Waals surface area contributed by atoms with Crippen LogP contribution in [0.4, 0.5) is 11.4 Å². The van der Waals surface area contributed by atoms with Crippen LogP contribution in [-0.4, -0.2) is 12.5 Å². The van der Waals surface area contributed by atoms with Crippen molar-refractivity contribution < 1.29 is 0 Å². The molecule has 2 N–H and O–H groups in total. The van der Waals surface area contributed by atoms with Crippen molar-refractivity contribution >= 4 is 17.3 Å². The highest BCUT2D eigenvalue weighted by Gasteiger charge is 2.07. The van der Waals surface area contributed by atoms with Crippen LogP contribution in [0, 0.1) is 6.92 Å². The van der Waals surface area contributed by atoms with Crippen LogP contribution in [0.3, 0.4) is 0 Å². The molecule has 2 rings (SSSR count). The van der Waals surface area contributed by atoms with Crippen molar-refractivity contribution in [2.45, 2.75) is 0 Å². The number of aliphatic imine (C=N–C) groups is 1. The number of guanidine groups is 1. The van der Waals surface area contributed by atoms with Crippen molar-refractivity contribution in [3.05, 3.63) is 67.6 Å². The van der Waals surface area contributed by atoms with Crippen LogP contribution in [0.15, 0.2) is 65.7 Å². The van der Waals surface area contributed by atoms with Crippen LogP contribution in [0.2, 0.25) is 0 Å². The number of nitrogens with two attached hydrogens (primary N) is 1. The third kappa shape index (κ3) is 2.88. The Kier molecular flexibility index (Phi) is 3.97. The molecule has 3 heteroatoms. The summed E-state index contributed by atoms with van der Waals surface area (Å²) in [5.74, 6) is 0.447. The molecule has 2 aromatic rings. The number of anilines is 1. The van der Waals surface area contributed by atoms with Gasteiger partial charge in [0.25, 0.3) is 0 Å². The second-order valence-electron chi connectivity index (χ2n) is 3.79. The second kappa shape index (κ2) is 5.87. The minimum Gasteiger partial charge on any atom is -0.369 e. The van der Waals surface area contributed by atoms with Gasteiger partial charge in [0, 0.05) is 12.2 Å². The number of benzene rings is 2. The van der Waals surface area contributed by atoms with Gasteiger partial charge in [0.05, 0.1) is 5.69 Å². The van der Waals surface area contributed by atoms with E-state index >= 15 is 0 Å². The summed E-state index contributed by atoms with van der Waals surface area (Å²) in [7, 11) is 0. The van der Waals surface area contributed by atoms with Gasteiger partial charge >= 0.3 is 0 Å². The van der Waals surface area contributed by atoms with E-state index in [1.54, 1.807) is 0 Å². The molecule has 0 amide bonds. The van der Waals surface area contributed by atoms with E-state index in [0.29, 0.717) is 12.5 Å². The molecule has 0 fully saturated rings. The van der Waals surface area contributed by atoms with Crippen molar-refractivity contribution in [1.82, 2.24) is 0 Å². The predicted molar refractivity (Wildman–Crippen MR) is 76.9 cm³/mol. The molecule has 1 radical (unpaired) electrons. The van der Waals surface area contributed by atoms with Gasteiger partial charge in [0.1, 0.15) is 0 Å². The molecule has 0 aliphatic carbocycles. The molecule has 0 aliphatic heterocycles. The molecule has 91 valence electrons. The van der Waals surface area contributed by atoms with Crippen LogP contribution >= 0.6 is 0 Å². The van der Waals surface area contributed by atoms with Gasteiger partial charge in [-0.25, -0.2) is 4.99 Å². The van der Waals surface area contributed by atoms with E-state index in [0.717, 1.165) is 11.4 Å². The maximum atomic E-state index is 6.03. The predicted octanol–water partition coefficient (Wildman–Crippen LogP) is 2.97. The van der Waals surface area contributed by atoms with Gasteiger partial charge in [-0.05, 0) is 31.2 Å².